The Kier molecular flexibility index (Phi) is 4.44. The summed E-state index contributed by atoms with van der Waals surface area (Å²) in [5, 5.41) is 0. The lowest BCUT2D eigenvalue weighted by Gasteiger charge is -2.06. The van der Waals surface area contributed by atoms with E-state index in [1.807, 2.05) is 22.9 Å². The lowest BCUT2D eigenvalue weighted by Crippen LogP contribution is -2.01. The van der Waals surface area contributed by atoms with E-state index in [4.69, 9.17) is 0 Å². The van der Waals surface area contributed by atoms with Gasteiger partial charge in [0.15, 0.2) is 6.29 Å². The number of unbranched alkanes of at least 4 members (excludes halogenated alkanes) is 1. The van der Waals surface area contributed by atoms with E-state index >= 15 is 0 Å². The molecule has 0 saturated carbocycles. The maximum atomic E-state index is 10.6. The van der Waals surface area contributed by atoms with Crippen LogP contribution in [-0.4, -0.2) is 10.9 Å². The molecule has 0 N–H and O–H groups in total. The van der Waals surface area contributed by atoms with Crippen molar-refractivity contribution in [1.29, 1.82) is 0 Å². The smallest absolute Gasteiger partial charge is 0.166 e. The maximum Gasteiger partial charge on any atom is 0.166 e. The monoisotopic (exact) mass is 193 g/mol. The first kappa shape index (κ1) is 11.0. The van der Waals surface area contributed by atoms with Crippen molar-refractivity contribution in [2.24, 2.45) is 5.92 Å². The van der Waals surface area contributed by atoms with Gasteiger partial charge in [0.05, 0.1) is 5.69 Å². The Morgan fingerprint density at radius 1 is 1.43 bits per heavy atom. The first-order valence-corrected chi connectivity index (χ1v) is 5.34. The number of carbonyl (C=O) groups excluding carboxylic acids is 1. The summed E-state index contributed by atoms with van der Waals surface area (Å²) in [6, 6.07) is 3.78. The van der Waals surface area contributed by atoms with E-state index in [0.29, 0.717) is 0 Å². The third-order valence-electron chi connectivity index (χ3n) is 2.42. The van der Waals surface area contributed by atoms with Gasteiger partial charge in [-0.1, -0.05) is 26.7 Å². The Morgan fingerprint density at radius 2 is 2.21 bits per heavy atom. The van der Waals surface area contributed by atoms with Gasteiger partial charge in [0.2, 0.25) is 0 Å². The number of hydrogen-bond donors (Lipinski definition) is 0. The van der Waals surface area contributed by atoms with Crippen LogP contribution in [0.4, 0.5) is 0 Å². The van der Waals surface area contributed by atoms with Crippen molar-refractivity contribution in [2.75, 3.05) is 0 Å². The van der Waals surface area contributed by atoms with Crippen molar-refractivity contribution in [3.8, 4) is 0 Å². The Morgan fingerprint density at radius 3 is 2.86 bits per heavy atom. The zero-order chi connectivity index (χ0) is 10.4. The Balaban J connectivity index is 2.27. The number of aldehydes is 1. The predicted molar refractivity (Wildman–Crippen MR) is 58.5 cm³/mol. The van der Waals surface area contributed by atoms with Gasteiger partial charge in [0, 0.05) is 12.7 Å². The molecule has 0 unspecified atom stereocenters. The fraction of sp³-hybridized carbons (Fsp3) is 0.583. The van der Waals surface area contributed by atoms with Crippen LogP contribution in [0.2, 0.25) is 0 Å². The molecule has 0 fully saturated rings. The van der Waals surface area contributed by atoms with E-state index in [2.05, 4.69) is 13.8 Å². The van der Waals surface area contributed by atoms with E-state index in [9.17, 15) is 4.79 Å². The highest BCUT2D eigenvalue weighted by atomic mass is 16.1. The number of carbonyl (C=O) groups is 1. The van der Waals surface area contributed by atoms with E-state index in [0.717, 1.165) is 30.9 Å². The van der Waals surface area contributed by atoms with Crippen LogP contribution in [0.25, 0.3) is 0 Å². The van der Waals surface area contributed by atoms with Crippen LogP contribution in [0.3, 0.4) is 0 Å². The highest BCUT2D eigenvalue weighted by Gasteiger charge is 1.99. The van der Waals surface area contributed by atoms with Gasteiger partial charge in [-0.3, -0.25) is 4.79 Å². The van der Waals surface area contributed by atoms with E-state index in [1.165, 1.54) is 12.8 Å². The summed E-state index contributed by atoms with van der Waals surface area (Å²) in [7, 11) is 0. The minimum atomic E-state index is 0.783. The van der Waals surface area contributed by atoms with Crippen molar-refractivity contribution in [3.63, 3.8) is 0 Å². The van der Waals surface area contributed by atoms with Crippen LogP contribution >= 0.6 is 0 Å². The van der Waals surface area contributed by atoms with Crippen molar-refractivity contribution >= 4 is 6.29 Å². The number of rotatable bonds is 6. The SMILES string of the molecule is CC(C)CCCCn1cccc1C=O. The molecule has 0 aromatic carbocycles. The first-order chi connectivity index (χ1) is 6.74. The summed E-state index contributed by atoms with van der Waals surface area (Å²) < 4.78 is 2.02. The quantitative estimate of drug-likeness (QED) is 0.502. The molecule has 1 rings (SSSR count). The van der Waals surface area contributed by atoms with Crippen molar-refractivity contribution < 1.29 is 4.79 Å². The minimum Gasteiger partial charge on any atom is -0.345 e. The van der Waals surface area contributed by atoms with Crippen LogP contribution < -0.4 is 0 Å². The van der Waals surface area contributed by atoms with Crippen molar-refractivity contribution in [1.82, 2.24) is 4.57 Å². The van der Waals surface area contributed by atoms with Gasteiger partial charge in [-0.05, 0) is 24.5 Å². The second kappa shape index (κ2) is 5.63. The van der Waals surface area contributed by atoms with Gasteiger partial charge in [-0.2, -0.15) is 0 Å². The fourth-order valence-electron chi connectivity index (χ4n) is 1.57. The minimum absolute atomic E-state index is 0.783. The van der Waals surface area contributed by atoms with Crippen LogP contribution in [0.1, 0.15) is 43.6 Å². The first-order valence-electron chi connectivity index (χ1n) is 5.34. The summed E-state index contributed by atoms with van der Waals surface area (Å²) in [5.74, 6) is 0.783. The van der Waals surface area contributed by atoms with Crippen LogP contribution in [0.15, 0.2) is 18.3 Å². The molecule has 0 amide bonds. The molecule has 2 nitrogen and oxygen atoms in total. The highest BCUT2D eigenvalue weighted by Crippen LogP contribution is 2.08. The molecule has 1 heterocycles. The van der Waals surface area contributed by atoms with Crippen LogP contribution in [0, 0.1) is 5.92 Å². The maximum absolute atomic E-state index is 10.6. The normalized spacial score (nSPS) is 10.8. The fourth-order valence-corrected chi connectivity index (χ4v) is 1.57. The molecule has 0 spiro atoms. The summed E-state index contributed by atoms with van der Waals surface area (Å²) in [6.45, 7) is 5.45. The van der Waals surface area contributed by atoms with Crippen molar-refractivity contribution in [3.05, 3.63) is 24.0 Å². The second-order valence-electron chi connectivity index (χ2n) is 4.13. The Bertz CT molecular complexity index is 276. The lowest BCUT2D eigenvalue weighted by molar-refractivity contribution is 0.111. The summed E-state index contributed by atoms with van der Waals surface area (Å²) in [5.41, 5.74) is 0.787. The molecule has 0 atom stereocenters. The molecule has 2 heteroatoms. The summed E-state index contributed by atoms with van der Waals surface area (Å²) in [4.78, 5) is 10.6. The standard InChI is InChI=1S/C12H19NO/c1-11(2)6-3-4-8-13-9-5-7-12(13)10-14/h5,7,9-11H,3-4,6,8H2,1-2H3. The third-order valence-corrected chi connectivity index (χ3v) is 2.42. The summed E-state index contributed by atoms with van der Waals surface area (Å²) >= 11 is 0. The number of aromatic nitrogens is 1. The molecular formula is C12H19NO. The van der Waals surface area contributed by atoms with E-state index in [1.54, 1.807) is 0 Å². The molecule has 0 bridgehead atoms. The molecule has 0 aliphatic heterocycles. The average Bonchev–Trinajstić information content (AvgIpc) is 2.59. The topological polar surface area (TPSA) is 22.0 Å². The predicted octanol–water partition coefficient (Wildman–Crippen LogP) is 3.13. The average molecular weight is 193 g/mol. The lowest BCUT2D eigenvalue weighted by atomic mass is 10.1. The zero-order valence-corrected chi connectivity index (χ0v) is 9.07. The van der Waals surface area contributed by atoms with E-state index in [-0.39, 0.29) is 0 Å². The van der Waals surface area contributed by atoms with Gasteiger partial charge < -0.3 is 4.57 Å². The zero-order valence-electron chi connectivity index (χ0n) is 9.07. The Hall–Kier alpha value is -1.05. The molecular weight excluding hydrogens is 174 g/mol. The number of hydrogen-bond acceptors (Lipinski definition) is 1. The van der Waals surface area contributed by atoms with Crippen molar-refractivity contribution in [2.45, 2.75) is 39.7 Å². The third kappa shape index (κ3) is 3.36. The van der Waals surface area contributed by atoms with Gasteiger partial charge in [-0.25, -0.2) is 0 Å². The number of aryl methyl sites for hydroxylation is 1. The van der Waals surface area contributed by atoms with Crippen LogP contribution in [-0.2, 0) is 6.54 Å². The molecule has 78 valence electrons. The largest absolute Gasteiger partial charge is 0.345 e. The molecule has 1 aromatic heterocycles. The molecule has 14 heavy (non-hydrogen) atoms. The summed E-state index contributed by atoms with van der Waals surface area (Å²) in [6.07, 6.45) is 6.57. The van der Waals surface area contributed by atoms with Gasteiger partial charge in [0.25, 0.3) is 0 Å². The van der Waals surface area contributed by atoms with Gasteiger partial charge in [-0.15, -0.1) is 0 Å². The van der Waals surface area contributed by atoms with Crippen LogP contribution in [0.5, 0.6) is 0 Å². The van der Waals surface area contributed by atoms with Gasteiger partial charge >= 0.3 is 0 Å². The molecule has 1 aromatic rings. The number of nitrogens with zero attached hydrogens (tertiary/aromatic N) is 1. The highest BCUT2D eigenvalue weighted by molar-refractivity contribution is 5.72. The molecule has 0 aliphatic rings. The van der Waals surface area contributed by atoms with Gasteiger partial charge in [0.1, 0.15) is 0 Å². The Labute approximate surface area is 85.9 Å². The second-order valence-corrected chi connectivity index (χ2v) is 4.13. The molecule has 0 saturated heterocycles. The molecule has 0 aliphatic carbocycles. The van der Waals surface area contributed by atoms with E-state index < -0.39 is 0 Å². The molecule has 0 radical (unpaired) electrons.